The van der Waals surface area contributed by atoms with Crippen molar-refractivity contribution in [3.63, 3.8) is 0 Å². The van der Waals surface area contributed by atoms with Gasteiger partial charge in [-0.15, -0.1) is 0 Å². The number of aryl methyl sites for hydroxylation is 1. The molecule has 0 aliphatic carbocycles. The summed E-state index contributed by atoms with van der Waals surface area (Å²) in [6.45, 7) is 5.70. The molecule has 0 fully saturated rings. The van der Waals surface area contributed by atoms with Gasteiger partial charge in [0.1, 0.15) is 11.6 Å². The van der Waals surface area contributed by atoms with Crippen molar-refractivity contribution in [3.05, 3.63) is 83.6 Å². The first-order valence-corrected chi connectivity index (χ1v) is 14.3. The molecular weight excluding hydrogens is 532 g/mol. The first kappa shape index (κ1) is 29.0. The lowest BCUT2D eigenvalue weighted by Gasteiger charge is -2.18. The monoisotopic (exact) mass is 564 g/mol. The number of amides is 1. The molecule has 40 heavy (non-hydrogen) atoms. The molecule has 0 bridgehead atoms. The maximum absolute atomic E-state index is 13.0. The fourth-order valence-electron chi connectivity index (χ4n) is 4.49. The molecule has 4 aromatic rings. The van der Waals surface area contributed by atoms with Gasteiger partial charge >= 0.3 is 5.97 Å². The number of furan rings is 1. The number of carbonyl (C=O) groups is 2. The number of carbonyl (C=O) groups excluding carboxylic acids is 1. The number of ether oxygens (including phenoxy) is 1. The smallest absolute Gasteiger partial charge is 0.322 e. The zero-order chi connectivity index (χ0) is 29.0. The molecule has 1 atom stereocenters. The van der Waals surface area contributed by atoms with Crippen LogP contribution in [-0.2, 0) is 26.0 Å². The number of carboxylic acid groups (broad SMARTS) is 1. The highest BCUT2D eigenvalue weighted by molar-refractivity contribution is 7.89. The summed E-state index contributed by atoms with van der Waals surface area (Å²) in [5, 5.41) is 13.1. The Morgan fingerprint density at radius 1 is 0.975 bits per heavy atom. The Bertz CT molecular complexity index is 1620. The van der Waals surface area contributed by atoms with Crippen molar-refractivity contribution >= 4 is 38.6 Å². The van der Waals surface area contributed by atoms with Gasteiger partial charge in [-0.2, -0.15) is 4.72 Å². The first-order chi connectivity index (χ1) is 19.0. The summed E-state index contributed by atoms with van der Waals surface area (Å²) in [6.07, 6.45) is 0.709. The van der Waals surface area contributed by atoms with Crippen LogP contribution < -0.4 is 10.0 Å². The normalized spacial score (nSPS) is 12.5. The Labute approximate surface area is 233 Å². The van der Waals surface area contributed by atoms with Crippen molar-refractivity contribution in [2.75, 3.05) is 19.0 Å². The van der Waals surface area contributed by atoms with Crippen molar-refractivity contribution in [2.24, 2.45) is 5.92 Å². The van der Waals surface area contributed by atoms with E-state index in [2.05, 4.69) is 10.0 Å². The molecule has 210 valence electrons. The Balaban J connectivity index is 1.48. The summed E-state index contributed by atoms with van der Waals surface area (Å²) in [4.78, 5) is 24.4. The maximum atomic E-state index is 13.0. The molecule has 4 rings (SSSR count). The maximum Gasteiger partial charge on any atom is 0.322 e. The molecule has 0 spiro atoms. The van der Waals surface area contributed by atoms with E-state index in [1.807, 2.05) is 37.3 Å². The largest absolute Gasteiger partial charge is 0.480 e. The Hall–Kier alpha value is -3.99. The standard InChI is InChI=1S/C30H32N2O7S/c1-18(2)27(30(34)35)32-40(36,37)24-14-10-21(11-15-24)20-8-12-23(13-9-20)31-29(33)28-19(3)26-22(16-17-38-4)6-5-7-25(26)39-28/h5-15,18,27,32H,16-17H2,1-4H3,(H,31,33)(H,34,35)/t27-/m0/s1. The van der Waals surface area contributed by atoms with Crippen LogP contribution in [0.2, 0.25) is 0 Å². The summed E-state index contributed by atoms with van der Waals surface area (Å²) in [7, 11) is -2.36. The van der Waals surface area contributed by atoms with Crippen LogP contribution in [0.15, 0.2) is 76.0 Å². The third-order valence-electron chi connectivity index (χ3n) is 6.68. The van der Waals surface area contributed by atoms with E-state index in [1.165, 1.54) is 12.1 Å². The molecule has 0 aliphatic rings. The zero-order valence-electron chi connectivity index (χ0n) is 22.7. The third-order valence-corrected chi connectivity index (χ3v) is 8.13. The van der Waals surface area contributed by atoms with Gasteiger partial charge in [0.2, 0.25) is 10.0 Å². The van der Waals surface area contributed by atoms with E-state index >= 15 is 0 Å². The third kappa shape index (κ3) is 6.25. The summed E-state index contributed by atoms with van der Waals surface area (Å²) < 4.78 is 38.7. The average molecular weight is 565 g/mol. The minimum atomic E-state index is -4.01. The van der Waals surface area contributed by atoms with E-state index in [4.69, 9.17) is 9.15 Å². The summed E-state index contributed by atoms with van der Waals surface area (Å²) in [5.41, 5.74) is 4.61. The highest BCUT2D eigenvalue weighted by atomic mass is 32.2. The lowest BCUT2D eigenvalue weighted by atomic mass is 10.0. The van der Waals surface area contributed by atoms with E-state index in [9.17, 15) is 23.1 Å². The first-order valence-electron chi connectivity index (χ1n) is 12.8. The van der Waals surface area contributed by atoms with E-state index in [-0.39, 0.29) is 16.6 Å². The van der Waals surface area contributed by atoms with E-state index in [0.29, 0.717) is 24.3 Å². The van der Waals surface area contributed by atoms with Gasteiger partial charge in [0.15, 0.2) is 5.76 Å². The number of anilines is 1. The number of nitrogens with one attached hydrogen (secondary N) is 2. The lowest BCUT2D eigenvalue weighted by molar-refractivity contribution is -0.140. The molecule has 0 saturated heterocycles. The predicted molar refractivity (Wildman–Crippen MR) is 153 cm³/mol. The van der Waals surface area contributed by atoms with Crippen LogP contribution in [0.4, 0.5) is 5.69 Å². The van der Waals surface area contributed by atoms with Crippen LogP contribution in [0.25, 0.3) is 22.1 Å². The van der Waals surface area contributed by atoms with Gasteiger partial charge < -0.3 is 19.6 Å². The van der Waals surface area contributed by atoms with Crippen molar-refractivity contribution in [1.82, 2.24) is 4.72 Å². The number of hydrogen-bond acceptors (Lipinski definition) is 6. The van der Waals surface area contributed by atoms with Crippen LogP contribution in [0.5, 0.6) is 0 Å². The molecular formula is C30H32N2O7S. The highest BCUT2D eigenvalue weighted by Gasteiger charge is 2.28. The quantitative estimate of drug-likeness (QED) is 0.227. The lowest BCUT2D eigenvalue weighted by Crippen LogP contribution is -2.44. The van der Waals surface area contributed by atoms with E-state index < -0.39 is 28.0 Å². The van der Waals surface area contributed by atoms with Crippen LogP contribution in [0.1, 0.15) is 35.5 Å². The molecule has 1 amide bonds. The highest BCUT2D eigenvalue weighted by Crippen LogP contribution is 2.30. The number of methoxy groups -OCH3 is 1. The second kappa shape index (κ2) is 12.0. The van der Waals surface area contributed by atoms with Gasteiger partial charge in [-0.3, -0.25) is 9.59 Å². The van der Waals surface area contributed by atoms with E-state index in [1.54, 1.807) is 45.2 Å². The van der Waals surface area contributed by atoms with Crippen LogP contribution >= 0.6 is 0 Å². The number of rotatable bonds is 11. The van der Waals surface area contributed by atoms with Crippen molar-refractivity contribution in [3.8, 4) is 11.1 Å². The summed E-state index contributed by atoms with van der Waals surface area (Å²) in [6, 6.07) is 17.8. The molecule has 0 aliphatic heterocycles. The second-order valence-corrected chi connectivity index (χ2v) is 11.5. The van der Waals surface area contributed by atoms with Gasteiger partial charge in [0.05, 0.1) is 11.5 Å². The average Bonchev–Trinajstić information content (AvgIpc) is 3.28. The minimum Gasteiger partial charge on any atom is -0.480 e. The van der Waals surface area contributed by atoms with Crippen LogP contribution in [-0.4, -0.2) is 45.2 Å². The second-order valence-electron chi connectivity index (χ2n) is 9.83. The number of benzene rings is 3. The van der Waals surface area contributed by atoms with Crippen molar-refractivity contribution in [1.29, 1.82) is 0 Å². The van der Waals surface area contributed by atoms with Gasteiger partial charge in [0, 0.05) is 23.7 Å². The number of sulfonamides is 1. The van der Waals surface area contributed by atoms with Crippen LogP contribution in [0.3, 0.4) is 0 Å². The van der Waals surface area contributed by atoms with Crippen molar-refractivity contribution in [2.45, 2.75) is 38.1 Å². The molecule has 0 radical (unpaired) electrons. The van der Waals surface area contributed by atoms with Crippen molar-refractivity contribution < 1.29 is 32.3 Å². The topological polar surface area (TPSA) is 135 Å². The summed E-state index contributed by atoms with van der Waals surface area (Å²) in [5.74, 6) is -1.76. The minimum absolute atomic E-state index is 0.0291. The van der Waals surface area contributed by atoms with E-state index in [0.717, 1.165) is 27.6 Å². The molecule has 10 heteroatoms. The molecule has 0 unspecified atom stereocenters. The van der Waals surface area contributed by atoms with Gasteiger partial charge in [-0.25, -0.2) is 8.42 Å². The Morgan fingerprint density at radius 3 is 2.17 bits per heavy atom. The molecule has 3 aromatic carbocycles. The number of fused-ring (bicyclic) bond motifs is 1. The van der Waals surface area contributed by atoms with Gasteiger partial charge in [-0.1, -0.05) is 50.2 Å². The van der Waals surface area contributed by atoms with Gasteiger partial charge in [-0.05, 0) is 66.3 Å². The molecule has 1 aromatic heterocycles. The van der Waals surface area contributed by atoms with Gasteiger partial charge in [0.25, 0.3) is 5.91 Å². The number of aliphatic carboxylic acids is 1. The number of hydrogen-bond donors (Lipinski definition) is 3. The molecule has 0 saturated carbocycles. The fraction of sp³-hybridized carbons (Fsp3) is 0.267. The molecule has 3 N–H and O–H groups in total. The SMILES string of the molecule is COCCc1cccc2oc(C(=O)Nc3ccc(-c4ccc(S(=O)(=O)N[C@H](C(=O)O)C(C)C)cc4)cc3)c(C)c12. The zero-order valence-corrected chi connectivity index (χ0v) is 23.5. The molecule has 1 heterocycles. The summed E-state index contributed by atoms with van der Waals surface area (Å²) >= 11 is 0. The van der Waals surface area contributed by atoms with Crippen LogP contribution in [0, 0.1) is 12.8 Å². The Morgan fingerprint density at radius 2 is 1.60 bits per heavy atom. The number of carboxylic acids is 1. The molecule has 9 nitrogen and oxygen atoms in total. The fourth-order valence-corrected chi connectivity index (χ4v) is 5.83. The predicted octanol–water partition coefficient (Wildman–Crippen LogP) is 5.24. The Kier molecular flexibility index (Phi) is 8.73.